The first kappa shape index (κ1) is 23.6. The van der Waals surface area contributed by atoms with Crippen molar-refractivity contribution in [1.29, 1.82) is 0 Å². The molecular weight excluding hydrogens is 415 g/mol. The van der Waals surface area contributed by atoms with Gasteiger partial charge in [0.2, 0.25) is 5.91 Å². The summed E-state index contributed by atoms with van der Waals surface area (Å²) in [4.78, 5) is 42.3. The van der Waals surface area contributed by atoms with E-state index >= 15 is 0 Å². The quantitative estimate of drug-likeness (QED) is 0.671. The number of nitrogens with one attached hydrogen (secondary N) is 3. The van der Waals surface area contributed by atoms with E-state index in [0.717, 1.165) is 0 Å². The van der Waals surface area contributed by atoms with Gasteiger partial charge < -0.3 is 25.3 Å². The van der Waals surface area contributed by atoms with Gasteiger partial charge in [0, 0.05) is 37.0 Å². The molecule has 3 amide bonds. The molecular formula is C23H31FN4O4. The molecule has 0 aliphatic heterocycles. The fourth-order valence-corrected chi connectivity index (χ4v) is 4.02. The first-order valence-corrected chi connectivity index (χ1v) is 10.7. The molecule has 0 radical (unpaired) electrons. The number of ether oxygens (including phenoxy) is 1. The van der Waals surface area contributed by atoms with Gasteiger partial charge in [0.1, 0.15) is 17.1 Å². The van der Waals surface area contributed by atoms with Gasteiger partial charge in [0.05, 0.1) is 6.04 Å². The lowest BCUT2D eigenvalue weighted by atomic mass is 9.81. The van der Waals surface area contributed by atoms with Gasteiger partial charge >= 0.3 is 6.09 Å². The molecule has 9 heteroatoms. The fraction of sp³-hybridized carbons (Fsp3) is 0.522. The molecule has 1 fully saturated rings. The van der Waals surface area contributed by atoms with Crippen molar-refractivity contribution < 1.29 is 23.5 Å². The third-order valence-corrected chi connectivity index (χ3v) is 5.49. The Kier molecular flexibility index (Phi) is 6.76. The SMILES string of the molecule is CN(C)C(=O)[C@H]1CC[C@H](NC(=O)c2cc3cc(F)ccc3[nH]2)[C@H](NC(=O)OC(C)(C)C)C1. The Balaban J connectivity index is 1.75. The highest BCUT2D eigenvalue weighted by Crippen LogP contribution is 2.27. The summed E-state index contributed by atoms with van der Waals surface area (Å²) in [5.74, 6) is -1.01. The molecule has 1 heterocycles. The third kappa shape index (κ3) is 5.77. The number of nitrogens with zero attached hydrogens (tertiary/aromatic N) is 1. The topological polar surface area (TPSA) is 104 Å². The Morgan fingerprint density at radius 2 is 1.81 bits per heavy atom. The average molecular weight is 447 g/mol. The van der Waals surface area contributed by atoms with Crippen molar-refractivity contribution in [1.82, 2.24) is 20.5 Å². The molecule has 3 N–H and O–H groups in total. The lowest BCUT2D eigenvalue weighted by molar-refractivity contribution is -0.134. The Morgan fingerprint density at radius 1 is 1.09 bits per heavy atom. The molecule has 3 atom stereocenters. The van der Waals surface area contributed by atoms with E-state index < -0.39 is 17.7 Å². The van der Waals surface area contributed by atoms with Crippen molar-refractivity contribution in [2.45, 2.75) is 57.7 Å². The van der Waals surface area contributed by atoms with Crippen molar-refractivity contribution in [3.8, 4) is 0 Å². The summed E-state index contributed by atoms with van der Waals surface area (Å²) in [6.07, 6.45) is 0.900. The zero-order valence-electron chi connectivity index (χ0n) is 19.1. The second-order valence-corrected chi connectivity index (χ2v) is 9.49. The smallest absolute Gasteiger partial charge is 0.407 e. The van der Waals surface area contributed by atoms with Crippen LogP contribution in [0.15, 0.2) is 24.3 Å². The highest BCUT2D eigenvalue weighted by atomic mass is 19.1. The van der Waals surface area contributed by atoms with Crippen LogP contribution < -0.4 is 10.6 Å². The minimum absolute atomic E-state index is 0.0107. The molecule has 2 aromatic rings. The molecule has 0 unspecified atom stereocenters. The summed E-state index contributed by atoms with van der Waals surface area (Å²) in [7, 11) is 3.40. The average Bonchev–Trinajstić information content (AvgIpc) is 3.10. The second-order valence-electron chi connectivity index (χ2n) is 9.49. The molecule has 1 aromatic heterocycles. The predicted octanol–water partition coefficient (Wildman–Crippen LogP) is 3.19. The molecule has 0 spiro atoms. The number of H-pyrrole nitrogens is 1. The van der Waals surface area contributed by atoms with E-state index in [-0.39, 0.29) is 29.6 Å². The van der Waals surface area contributed by atoms with E-state index in [1.165, 1.54) is 17.0 Å². The molecule has 8 nitrogen and oxygen atoms in total. The number of carbonyl (C=O) groups is 3. The van der Waals surface area contributed by atoms with Gasteiger partial charge in [-0.15, -0.1) is 0 Å². The largest absolute Gasteiger partial charge is 0.444 e. The first-order chi connectivity index (χ1) is 14.9. The number of halogens is 1. The molecule has 1 aliphatic rings. The summed E-state index contributed by atoms with van der Waals surface area (Å²) in [5, 5.41) is 6.39. The predicted molar refractivity (Wildman–Crippen MR) is 119 cm³/mol. The maximum absolute atomic E-state index is 13.5. The van der Waals surface area contributed by atoms with Gasteiger partial charge in [0.15, 0.2) is 0 Å². The molecule has 1 aromatic carbocycles. The summed E-state index contributed by atoms with van der Waals surface area (Å²) in [6, 6.07) is 4.98. The van der Waals surface area contributed by atoms with Gasteiger partial charge in [-0.3, -0.25) is 9.59 Å². The van der Waals surface area contributed by atoms with Crippen LogP contribution in [0.25, 0.3) is 10.9 Å². The Hall–Kier alpha value is -3.10. The van der Waals surface area contributed by atoms with Crippen molar-refractivity contribution >= 4 is 28.8 Å². The van der Waals surface area contributed by atoms with Gasteiger partial charge in [-0.25, -0.2) is 9.18 Å². The minimum Gasteiger partial charge on any atom is -0.444 e. The summed E-state index contributed by atoms with van der Waals surface area (Å²) < 4.78 is 18.8. The Morgan fingerprint density at radius 3 is 2.47 bits per heavy atom. The van der Waals surface area contributed by atoms with Crippen molar-refractivity contribution in [3.63, 3.8) is 0 Å². The summed E-state index contributed by atoms with van der Waals surface area (Å²) in [6.45, 7) is 5.30. The van der Waals surface area contributed by atoms with Crippen LogP contribution in [0.3, 0.4) is 0 Å². The number of amides is 3. The molecule has 1 saturated carbocycles. The van der Waals surface area contributed by atoms with Gasteiger partial charge in [0.25, 0.3) is 5.91 Å². The fourth-order valence-electron chi connectivity index (χ4n) is 4.02. The number of hydrogen-bond acceptors (Lipinski definition) is 4. The van der Waals surface area contributed by atoms with Crippen LogP contribution in [-0.4, -0.2) is 59.6 Å². The van der Waals surface area contributed by atoms with Crippen LogP contribution in [0.1, 0.15) is 50.5 Å². The zero-order chi connectivity index (χ0) is 23.6. The first-order valence-electron chi connectivity index (χ1n) is 10.7. The molecule has 32 heavy (non-hydrogen) atoms. The summed E-state index contributed by atoms with van der Waals surface area (Å²) in [5.41, 5.74) is 0.282. The summed E-state index contributed by atoms with van der Waals surface area (Å²) >= 11 is 0. The zero-order valence-corrected chi connectivity index (χ0v) is 19.1. The van der Waals surface area contributed by atoms with E-state index in [9.17, 15) is 18.8 Å². The van der Waals surface area contributed by atoms with Crippen LogP contribution in [0.2, 0.25) is 0 Å². The van der Waals surface area contributed by atoms with Crippen LogP contribution >= 0.6 is 0 Å². The molecule has 174 valence electrons. The van der Waals surface area contributed by atoms with Crippen molar-refractivity contribution in [2.24, 2.45) is 5.92 Å². The number of aromatic amines is 1. The van der Waals surface area contributed by atoms with Gasteiger partial charge in [-0.2, -0.15) is 0 Å². The normalized spacial score (nSPS) is 21.1. The number of rotatable bonds is 4. The molecule has 3 rings (SSSR count). The minimum atomic E-state index is -0.671. The maximum atomic E-state index is 13.5. The maximum Gasteiger partial charge on any atom is 0.407 e. The number of benzene rings is 1. The van der Waals surface area contributed by atoms with Crippen molar-refractivity contribution in [3.05, 3.63) is 35.8 Å². The number of carbonyl (C=O) groups excluding carboxylic acids is 3. The molecule has 0 bridgehead atoms. The van der Waals surface area contributed by atoms with Gasteiger partial charge in [-0.1, -0.05) is 0 Å². The van der Waals surface area contributed by atoms with E-state index in [1.807, 2.05) is 0 Å². The van der Waals surface area contributed by atoms with Crippen LogP contribution in [-0.2, 0) is 9.53 Å². The molecule has 1 aliphatic carbocycles. The Bertz CT molecular complexity index is 1010. The van der Waals surface area contributed by atoms with E-state index in [1.54, 1.807) is 47.0 Å². The number of alkyl carbamates (subject to hydrolysis) is 1. The number of aromatic nitrogens is 1. The van der Waals surface area contributed by atoms with Gasteiger partial charge in [-0.05, 0) is 64.3 Å². The third-order valence-electron chi connectivity index (χ3n) is 5.49. The van der Waals surface area contributed by atoms with E-state index in [0.29, 0.717) is 35.9 Å². The van der Waals surface area contributed by atoms with E-state index in [4.69, 9.17) is 4.74 Å². The highest BCUT2D eigenvalue weighted by Gasteiger charge is 2.37. The van der Waals surface area contributed by atoms with Crippen molar-refractivity contribution in [2.75, 3.05) is 14.1 Å². The number of hydrogen-bond donors (Lipinski definition) is 3. The monoisotopic (exact) mass is 446 g/mol. The lowest BCUT2D eigenvalue weighted by Crippen LogP contribution is -2.56. The molecule has 0 saturated heterocycles. The van der Waals surface area contributed by atoms with Crippen LogP contribution in [0.4, 0.5) is 9.18 Å². The van der Waals surface area contributed by atoms with Crippen LogP contribution in [0.5, 0.6) is 0 Å². The van der Waals surface area contributed by atoms with E-state index in [2.05, 4.69) is 15.6 Å². The Labute approximate surface area is 186 Å². The number of fused-ring (bicyclic) bond motifs is 1. The lowest BCUT2D eigenvalue weighted by Gasteiger charge is -2.37. The second kappa shape index (κ2) is 9.18. The van der Waals surface area contributed by atoms with Crippen LogP contribution in [0, 0.1) is 11.7 Å². The standard InChI is InChI=1S/C23H31FN4O4/c1-23(2,3)32-22(31)27-18-11-13(21(30)28(4)5)6-8-17(18)26-20(29)19-12-14-10-15(24)7-9-16(14)25-19/h7,9-10,12-13,17-18,25H,6,8,11H2,1-5H3,(H,26,29)(H,27,31)/t13-,17-,18+/m0/s1. The highest BCUT2D eigenvalue weighted by molar-refractivity contribution is 5.98.